The molecule has 7 nitrogen and oxygen atoms in total. The molecule has 24 heavy (non-hydrogen) atoms. The van der Waals surface area contributed by atoms with Crippen LogP contribution in [0.3, 0.4) is 0 Å². The summed E-state index contributed by atoms with van der Waals surface area (Å²) in [5, 5.41) is 6.66. The zero-order valence-electron chi connectivity index (χ0n) is 15.2. The number of methoxy groups -OCH3 is 1. The maximum Gasteiger partial charge on any atom is 0.191 e. The lowest BCUT2D eigenvalue weighted by Gasteiger charge is -2.26. The van der Waals surface area contributed by atoms with Crippen LogP contribution < -0.4 is 15.4 Å². The number of aromatic nitrogens is 1. The van der Waals surface area contributed by atoms with Gasteiger partial charge in [-0.05, 0) is 13.8 Å². The van der Waals surface area contributed by atoms with Gasteiger partial charge in [0.25, 0.3) is 0 Å². The molecule has 1 aromatic rings. The number of nitrogens with zero attached hydrogens (tertiary/aromatic N) is 3. The summed E-state index contributed by atoms with van der Waals surface area (Å²) in [5.74, 6) is 1.68. The Hall–Kier alpha value is -1.86. The molecule has 2 rings (SSSR count). The van der Waals surface area contributed by atoms with E-state index in [1.807, 2.05) is 20.0 Å². The Bertz CT molecular complexity index is 556. The molecule has 0 atom stereocenters. The van der Waals surface area contributed by atoms with Gasteiger partial charge in [-0.2, -0.15) is 0 Å². The predicted molar refractivity (Wildman–Crippen MR) is 95.7 cm³/mol. The van der Waals surface area contributed by atoms with Gasteiger partial charge in [-0.1, -0.05) is 0 Å². The number of hydrogen-bond acceptors (Lipinski definition) is 5. The van der Waals surface area contributed by atoms with Gasteiger partial charge in [0, 0.05) is 50.6 Å². The van der Waals surface area contributed by atoms with Crippen molar-refractivity contribution >= 4 is 5.96 Å². The Morgan fingerprint density at radius 2 is 2.08 bits per heavy atom. The van der Waals surface area contributed by atoms with Gasteiger partial charge >= 0.3 is 0 Å². The van der Waals surface area contributed by atoms with Gasteiger partial charge < -0.3 is 20.1 Å². The minimum atomic E-state index is 0.611. The second-order valence-corrected chi connectivity index (χ2v) is 5.85. The fraction of sp³-hybridized carbons (Fsp3) is 0.647. The highest BCUT2D eigenvalue weighted by Gasteiger charge is 2.11. The first kappa shape index (κ1) is 18.5. The van der Waals surface area contributed by atoms with Crippen LogP contribution in [0.5, 0.6) is 5.75 Å². The molecule has 0 spiro atoms. The quantitative estimate of drug-likeness (QED) is 0.589. The molecular weight excluding hydrogens is 306 g/mol. The third kappa shape index (κ3) is 5.07. The molecule has 0 amide bonds. The second kappa shape index (κ2) is 9.44. The maximum absolute atomic E-state index is 5.45. The highest BCUT2D eigenvalue weighted by atomic mass is 16.5. The molecule has 2 heterocycles. The monoisotopic (exact) mass is 335 g/mol. The summed E-state index contributed by atoms with van der Waals surface area (Å²) in [6.45, 7) is 10.1. The van der Waals surface area contributed by atoms with Crippen LogP contribution >= 0.6 is 0 Å². The van der Waals surface area contributed by atoms with Crippen molar-refractivity contribution in [3.05, 3.63) is 23.0 Å². The molecule has 0 bridgehead atoms. The molecule has 0 aliphatic carbocycles. The third-order valence-corrected chi connectivity index (χ3v) is 4.22. The van der Waals surface area contributed by atoms with Crippen LogP contribution in [0.4, 0.5) is 0 Å². The van der Waals surface area contributed by atoms with Gasteiger partial charge in [-0.3, -0.25) is 14.9 Å². The Kier molecular flexibility index (Phi) is 7.27. The summed E-state index contributed by atoms with van der Waals surface area (Å²) in [5.41, 5.74) is 3.08. The van der Waals surface area contributed by atoms with Crippen molar-refractivity contribution in [2.24, 2.45) is 4.99 Å². The predicted octanol–water partition coefficient (Wildman–Crippen LogP) is 0.704. The summed E-state index contributed by atoms with van der Waals surface area (Å²) >= 11 is 0. The van der Waals surface area contributed by atoms with E-state index in [0.29, 0.717) is 6.54 Å². The van der Waals surface area contributed by atoms with Gasteiger partial charge in [0.1, 0.15) is 5.75 Å². The van der Waals surface area contributed by atoms with E-state index in [1.54, 1.807) is 14.2 Å². The summed E-state index contributed by atoms with van der Waals surface area (Å²) in [7, 11) is 3.47. The molecule has 0 unspecified atom stereocenters. The lowest BCUT2D eigenvalue weighted by Crippen LogP contribution is -2.44. The van der Waals surface area contributed by atoms with Crippen LogP contribution in [0.25, 0.3) is 0 Å². The van der Waals surface area contributed by atoms with Crippen molar-refractivity contribution in [1.29, 1.82) is 0 Å². The summed E-state index contributed by atoms with van der Waals surface area (Å²) in [6, 6.07) is 0. The molecule has 7 heteroatoms. The van der Waals surface area contributed by atoms with Gasteiger partial charge in [0.2, 0.25) is 0 Å². The van der Waals surface area contributed by atoms with Gasteiger partial charge in [-0.15, -0.1) is 0 Å². The van der Waals surface area contributed by atoms with Crippen molar-refractivity contribution in [3.63, 3.8) is 0 Å². The topological polar surface area (TPSA) is 71.0 Å². The number of pyridine rings is 1. The Labute approximate surface area is 144 Å². The minimum Gasteiger partial charge on any atom is -0.496 e. The van der Waals surface area contributed by atoms with Crippen LogP contribution in [0.15, 0.2) is 11.2 Å². The van der Waals surface area contributed by atoms with E-state index in [9.17, 15) is 0 Å². The number of morpholine rings is 1. The summed E-state index contributed by atoms with van der Waals surface area (Å²) < 4.78 is 10.8. The smallest absolute Gasteiger partial charge is 0.191 e. The average molecular weight is 335 g/mol. The van der Waals surface area contributed by atoms with Crippen LogP contribution in [0, 0.1) is 13.8 Å². The first-order chi connectivity index (χ1) is 11.7. The van der Waals surface area contributed by atoms with Crippen molar-refractivity contribution in [3.8, 4) is 5.75 Å². The molecule has 0 radical (unpaired) electrons. The summed E-state index contributed by atoms with van der Waals surface area (Å²) in [4.78, 5) is 11.2. The molecule has 1 aromatic heterocycles. The van der Waals surface area contributed by atoms with Crippen LogP contribution in [-0.4, -0.2) is 69.4 Å². The van der Waals surface area contributed by atoms with E-state index in [2.05, 4.69) is 25.5 Å². The molecule has 1 fully saturated rings. The molecule has 1 aliphatic heterocycles. The average Bonchev–Trinajstić information content (AvgIpc) is 2.60. The highest BCUT2D eigenvalue weighted by molar-refractivity contribution is 5.79. The third-order valence-electron chi connectivity index (χ3n) is 4.22. The zero-order chi connectivity index (χ0) is 17.4. The number of guanidine groups is 1. The zero-order valence-corrected chi connectivity index (χ0v) is 15.2. The number of aryl methyl sites for hydroxylation is 1. The standard InChI is InChI=1S/C17H29N5O2/c1-13-11-20-15(14(2)16(13)23-4)12-21-17(18-3)19-5-6-22-7-9-24-10-8-22/h11H,5-10,12H2,1-4H3,(H2,18,19,21). The van der Waals surface area contributed by atoms with Crippen molar-refractivity contribution in [2.75, 3.05) is 53.6 Å². The van der Waals surface area contributed by atoms with E-state index in [0.717, 1.165) is 67.9 Å². The van der Waals surface area contributed by atoms with Crippen LogP contribution in [0.1, 0.15) is 16.8 Å². The number of aliphatic imine (C=N–C) groups is 1. The fourth-order valence-electron chi connectivity index (χ4n) is 2.79. The SMILES string of the molecule is CN=C(NCCN1CCOCC1)NCc1ncc(C)c(OC)c1C. The van der Waals surface area contributed by atoms with E-state index in [1.165, 1.54) is 0 Å². The molecule has 1 saturated heterocycles. The lowest BCUT2D eigenvalue weighted by molar-refractivity contribution is 0.0389. The fourth-order valence-corrected chi connectivity index (χ4v) is 2.79. The molecule has 0 aromatic carbocycles. The van der Waals surface area contributed by atoms with Gasteiger partial charge in [0.05, 0.1) is 32.6 Å². The van der Waals surface area contributed by atoms with Gasteiger partial charge in [0.15, 0.2) is 5.96 Å². The van der Waals surface area contributed by atoms with Crippen molar-refractivity contribution in [2.45, 2.75) is 20.4 Å². The van der Waals surface area contributed by atoms with Crippen LogP contribution in [0.2, 0.25) is 0 Å². The van der Waals surface area contributed by atoms with E-state index < -0.39 is 0 Å². The first-order valence-corrected chi connectivity index (χ1v) is 8.39. The Morgan fingerprint density at radius 1 is 1.33 bits per heavy atom. The van der Waals surface area contributed by atoms with E-state index in [-0.39, 0.29) is 0 Å². The first-order valence-electron chi connectivity index (χ1n) is 8.39. The Balaban J connectivity index is 1.81. The normalized spacial score (nSPS) is 16.1. The minimum absolute atomic E-state index is 0.611. The number of rotatable bonds is 6. The molecule has 134 valence electrons. The molecule has 1 aliphatic rings. The largest absolute Gasteiger partial charge is 0.496 e. The van der Waals surface area contributed by atoms with Crippen LogP contribution in [-0.2, 0) is 11.3 Å². The molecular formula is C17H29N5O2. The Morgan fingerprint density at radius 3 is 2.75 bits per heavy atom. The second-order valence-electron chi connectivity index (χ2n) is 5.85. The van der Waals surface area contributed by atoms with Crippen molar-refractivity contribution in [1.82, 2.24) is 20.5 Å². The molecule has 2 N–H and O–H groups in total. The highest BCUT2D eigenvalue weighted by Crippen LogP contribution is 2.23. The maximum atomic E-state index is 5.45. The number of ether oxygens (including phenoxy) is 2. The van der Waals surface area contributed by atoms with E-state index >= 15 is 0 Å². The van der Waals surface area contributed by atoms with E-state index in [4.69, 9.17) is 9.47 Å². The molecule has 0 saturated carbocycles. The summed E-state index contributed by atoms with van der Waals surface area (Å²) in [6.07, 6.45) is 1.84. The number of nitrogens with one attached hydrogen (secondary N) is 2. The lowest BCUT2D eigenvalue weighted by atomic mass is 10.1. The van der Waals surface area contributed by atoms with Crippen molar-refractivity contribution < 1.29 is 9.47 Å². The number of hydrogen-bond donors (Lipinski definition) is 2. The van der Waals surface area contributed by atoms with Gasteiger partial charge in [-0.25, -0.2) is 0 Å².